The van der Waals surface area contributed by atoms with E-state index in [9.17, 15) is 14.7 Å². The molecule has 11 nitrogen and oxygen atoms in total. The van der Waals surface area contributed by atoms with Crippen LogP contribution < -0.4 is 10.2 Å². The first-order valence-corrected chi connectivity index (χ1v) is 17.1. The van der Waals surface area contributed by atoms with Crippen molar-refractivity contribution >= 4 is 46.8 Å². The number of nitrogens with one attached hydrogen (secondary N) is 1. The number of methoxy groups -OCH3 is 1. The molecule has 3 aromatic carbocycles. The van der Waals surface area contributed by atoms with Crippen LogP contribution in [0.1, 0.15) is 71.3 Å². The molecule has 4 aromatic rings. The van der Waals surface area contributed by atoms with Crippen molar-refractivity contribution in [1.29, 1.82) is 0 Å². The quantitative estimate of drug-likeness (QED) is 0.166. The largest absolute Gasteiger partial charge is 0.494 e. The SMILES string of the molecule is COCCC(C)[C@@](C=O)(N(C)C(=O)O)N1CCCC1c1nc2ccc3cc4c(cc3c2[nH]1)OCc1cc(B2OC(C)(C)C(C)(C)O2)ccc1-4. The molecule has 12 heteroatoms. The molecule has 0 radical (unpaired) electrons. The second-order valence-corrected chi connectivity index (χ2v) is 14.7. The summed E-state index contributed by atoms with van der Waals surface area (Å²) in [6.45, 7) is 11.5. The Morgan fingerprint density at radius 3 is 2.63 bits per heavy atom. The lowest BCUT2D eigenvalue weighted by Crippen LogP contribution is -2.65. The van der Waals surface area contributed by atoms with Crippen LogP contribution in [0.2, 0.25) is 0 Å². The lowest BCUT2D eigenvalue weighted by molar-refractivity contribution is -0.139. The zero-order valence-corrected chi connectivity index (χ0v) is 29.3. The topological polar surface area (TPSA) is 126 Å². The summed E-state index contributed by atoms with van der Waals surface area (Å²) in [5.74, 6) is 1.18. The van der Waals surface area contributed by atoms with Gasteiger partial charge >= 0.3 is 13.2 Å². The van der Waals surface area contributed by atoms with Gasteiger partial charge in [-0.2, -0.15) is 0 Å². The highest BCUT2D eigenvalue weighted by Crippen LogP contribution is 2.45. The summed E-state index contributed by atoms with van der Waals surface area (Å²) in [5, 5.41) is 12.1. The van der Waals surface area contributed by atoms with Gasteiger partial charge in [0.25, 0.3) is 0 Å². The predicted octanol–water partition coefficient (Wildman–Crippen LogP) is 5.89. The van der Waals surface area contributed by atoms with Crippen LogP contribution in [0.4, 0.5) is 4.79 Å². The Hall–Kier alpha value is -3.97. The maximum Gasteiger partial charge on any atom is 0.494 e. The molecule has 4 heterocycles. The number of carbonyl (C=O) groups is 2. The van der Waals surface area contributed by atoms with Gasteiger partial charge in [-0.15, -0.1) is 0 Å². The lowest BCUT2D eigenvalue weighted by atomic mass is 9.77. The van der Waals surface area contributed by atoms with Crippen LogP contribution in [0.25, 0.3) is 32.9 Å². The summed E-state index contributed by atoms with van der Waals surface area (Å²) in [7, 11) is 2.64. The van der Waals surface area contributed by atoms with E-state index >= 15 is 0 Å². The molecule has 1 aromatic heterocycles. The fourth-order valence-corrected chi connectivity index (χ4v) is 7.83. The van der Waals surface area contributed by atoms with Crippen molar-refractivity contribution in [2.45, 2.75) is 83.4 Å². The second kappa shape index (κ2) is 12.1. The van der Waals surface area contributed by atoms with Gasteiger partial charge in [0.2, 0.25) is 0 Å². The average molecular weight is 669 g/mol. The Bertz CT molecular complexity index is 1930. The van der Waals surface area contributed by atoms with Crippen LogP contribution in [0, 0.1) is 5.92 Å². The third-order valence-electron chi connectivity index (χ3n) is 11.4. The standard InChI is InChI=1S/C37H45BN4O7/c1-22(14-16-46-7)37(21-43,41(6)34(44)45)42-15-8-9-30(42)33-39-29-13-10-23-18-28-26-12-11-25(38-48-35(2,3)36(4,5)49-38)17-24(26)20-47-31(28)19-27(23)32(29)40-33/h10-13,17-19,21-22,30H,8-9,14-16,20H2,1-7H3,(H,39,40)(H,44,45)/t22?,30?,37-/m0/s1. The van der Waals surface area contributed by atoms with Crippen LogP contribution in [-0.4, -0.2) is 88.5 Å². The van der Waals surface area contributed by atoms with Crippen molar-refractivity contribution in [2.24, 2.45) is 5.92 Å². The smallest absolute Gasteiger partial charge is 0.488 e. The minimum Gasteiger partial charge on any atom is -0.488 e. The number of rotatable bonds is 9. The molecule has 0 spiro atoms. The number of likely N-dealkylation sites (tertiary alicyclic amines) is 1. The molecule has 0 saturated carbocycles. The third kappa shape index (κ3) is 5.31. The van der Waals surface area contributed by atoms with Gasteiger partial charge in [-0.05, 0) is 87.1 Å². The molecule has 1 amide bonds. The van der Waals surface area contributed by atoms with Crippen LogP contribution in [0.3, 0.4) is 0 Å². The number of carbonyl (C=O) groups excluding carboxylic acids is 1. The van der Waals surface area contributed by atoms with Crippen LogP contribution in [0.15, 0.2) is 42.5 Å². The number of benzene rings is 3. The molecule has 7 rings (SSSR count). The van der Waals surface area contributed by atoms with Gasteiger partial charge in [-0.3, -0.25) is 14.6 Å². The Morgan fingerprint density at radius 1 is 1.18 bits per heavy atom. The van der Waals surface area contributed by atoms with Crippen molar-refractivity contribution in [1.82, 2.24) is 19.8 Å². The van der Waals surface area contributed by atoms with Crippen molar-refractivity contribution in [3.63, 3.8) is 0 Å². The maximum absolute atomic E-state index is 13.0. The number of H-pyrrole nitrogens is 1. The van der Waals surface area contributed by atoms with Gasteiger partial charge < -0.3 is 28.9 Å². The van der Waals surface area contributed by atoms with E-state index in [1.165, 1.54) is 7.05 Å². The van der Waals surface area contributed by atoms with E-state index < -0.39 is 30.1 Å². The van der Waals surface area contributed by atoms with E-state index in [1.807, 2.05) is 17.9 Å². The van der Waals surface area contributed by atoms with Gasteiger partial charge in [-0.25, -0.2) is 9.78 Å². The molecule has 2 unspecified atom stereocenters. The first-order valence-electron chi connectivity index (χ1n) is 17.1. The van der Waals surface area contributed by atoms with Crippen LogP contribution >= 0.6 is 0 Å². The predicted molar refractivity (Wildman–Crippen MR) is 188 cm³/mol. The number of amides is 1. The van der Waals surface area contributed by atoms with Gasteiger partial charge in [0.05, 0.1) is 28.3 Å². The molecule has 3 aliphatic rings. The minimum atomic E-state index is -1.38. The van der Waals surface area contributed by atoms with E-state index in [0.717, 1.165) is 73.7 Å². The number of nitrogens with zero attached hydrogens (tertiary/aromatic N) is 3. The van der Waals surface area contributed by atoms with Gasteiger partial charge in [-0.1, -0.05) is 31.2 Å². The van der Waals surface area contributed by atoms with E-state index in [-0.39, 0.29) is 12.0 Å². The Labute approximate surface area is 287 Å². The highest BCUT2D eigenvalue weighted by Gasteiger charge is 2.53. The Balaban J connectivity index is 1.24. The molecular formula is C37H45BN4O7. The van der Waals surface area contributed by atoms with Crippen LogP contribution in [0.5, 0.6) is 5.75 Å². The number of imidazole rings is 1. The molecule has 3 aliphatic heterocycles. The van der Waals surface area contributed by atoms with Crippen molar-refractivity contribution in [3.05, 3.63) is 53.9 Å². The fraction of sp³-hybridized carbons (Fsp3) is 0.486. The first-order chi connectivity index (χ1) is 23.3. The number of aromatic nitrogens is 2. The summed E-state index contributed by atoms with van der Waals surface area (Å²) < 4.78 is 24.3. The summed E-state index contributed by atoms with van der Waals surface area (Å²) >= 11 is 0. The molecule has 2 saturated heterocycles. The van der Waals surface area contributed by atoms with Gasteiger partial charge in [0, 0.05) is 44.2 Å². The molecule has 0 aliphatic carbocycles. The highest BCUT2D eigenvalue weighted by atomic mass is 16.7. The molecular weight excluding hydrogens is 623 g/mol. The van der Waals surface area contributed by atoms with Gasteiger partial charge in [0.1, 0.15) is 18.2 Å². The average Bonchev–Trinajstić information content (AvgIpc) is 3.79. The number of aldehydes is 1. The minimum absolute atomic E-state index is 0.279. The summed E-state index contributed by atoms with van der Waals surface area (Å²) in [4.78, 5) is 37.1. The molecule has 3 atom stereocenters. The van der Waals surface area contributed by atoms with Crippen molar-refractivity contribution in [3.8, 4) is 16.9 Å². The number of fused-ring (bicyclic) bond motifs is 6. The van der Waals surface area contributed by atoms with E-state index in [2.05, 4.69) is 69.1 Å². The summed E-state index contributed by atoms with van der Waals surface area (Å²) in [6, 6.07) is 14.4. The molecule has 258 valence electrons. The van der Waals surface area contributed by atoms with Crippen LogP contribution in [-0.2, 0) is 25.4 Å². The maximum atomic E-state index is 13.0. The summed E-state index contributed by atoms with van der Waals surface area (Å²) in [6.07, 6.45) is 1.70. The molecule has 2 fully saturated rings. The number of carboxylic acid groups (broad SMARTS) is 1. The Kier molecular flexibility index (Phi) is 8.29. The summed E-state index contributed by atoms with van der Waals surface area (Å²) in [5.41, 5.74) is 3.65. The lowest BCUT2D eigenvalue weighted by Gasteiger charge is -2.48. The number of hydrogen-bond donors (Lipinski definition) is 2. The van der Waals surface area contributed by atoms with E-state index in [1.54, 1.807) is 7.11 Å². The highest BCUT2D eigenvalue weighted by molar-refractivity contribution is 6.62. The number of ether oxygens (including phenoxy) is 2. The molecule has 0 bridgehead atoms. The normalized spacial score (nSPS) is 21.6. The monoisotopic (exact) mass is 668 g/mol. The zero-order valence-electron chi connectivity index (χ0n) is 29.3. The van der Waals surface area contributed by atoms with Crippen molar-refractivity contribution < 1.29 is 33.5 Å². The number of likely N-dealkylation sites (N-methyl/N-ethyl adjacent to an activating group) is 1. The number of hydrogen-bond acceptors (Lipinski definition) is 8. The first kappa shape index (κ1) is 33.5. The molecule has 49 heavy (non-hydrogen) atoms. The second-order valence-electron chi connectivity index (χ2n) is 14.7. The van der Waals surface area contributed by atoms with E-state index in [4.69, 9.17) is 23.8 Å². The molecule has 2 N–H and O–H groups in total. The third-order valence-corrected chi connectivity index (χ3v) is 11.4. The number of aromatic amines is 1. The van der Waals surface area contributed by atoms with Crippen molar-refractivity contribution in [2.75, 3.05) is 27.3 Å². The zero-order chi connectivity index (χ0) is 34.9. The van der Waals surface area contributed by atoms with Gasteiger partial charge in [0.15, 0.2) is 11.9 Å². The van der Waals surface area contributed by atoms with E-state index in [0.29, 0.717) is 32.0 Å². The fourth-order valence-electron chi connectivity index (χ4n) is 7.83. The Morgan fingerprint density at radius 2 is 1.94 bits per heavy atom.